The van der Waals surface area contributed by atoms with E-state index in [9.17, 15) is 0 Å². The first-order chi connectivity index (χ1) is 9.76. The molecule has 1 aromatic rings. The molecule has 5 nitrogen and oxygen atoms in total. The molecule has 0 aliphatic heterocycles. The van der Waals surface area contributed by atoms with Crippen LogP contribution >= 0.6 is 24.8 Å². The summed E-state index contributed by atoms with van der Waals surface area (Å²) in [5, 5.41) is 6.71. The Labute approximate surface area is 145 Å². The fraction of sp³-hybridized carbons (Fsp3) is 0.600. The molecule has 22 heavy (non-hydrogen) atoms. The first kappa shape index (κ1) is 23.4. The number of benzene rings is 1. The van der Waals surface area contributed by atoms with Gasteiger partial charge in [0.1, 0.15) is 5.75 Å². The van der Waals surface area contributed by atoms with Gasteiger partial charge < -0.3 is 24.8 Å². The van der Waals surface area contributed by atoms with Crippen molar-refractivity contribution in [3.63, 3.8) is 0 Å². The molecule has 1 rings (SSSR count). The Kier molecular flexibility index (Phi) is 14.6. The minimum Gasteiger partial charge on any atom is -0.496 e. The summed E-state index contributed by atoms with van der Waals surface area (Å²) in [6.45, 7) is 5.87. The summed E-state index contributed by atoms with van der Waals surface area (Å²) in [6.07, 6.45) is 1.10. The van der Waals surface area contributed by atoms with E-state index in [1.165, 1.54) is 0 Å². The lowest BCUT2D eigenvalue weighted by atomic mass is 10.1. The summed E-state index contributed by atoms with van der Waals surface area (Å²) in [4.78, 5) is 0. The molecule has 1 aromatic carbocycles. The SMILES string of the molecule is CCNCCCNCc1cc(OC)c(OC)cc1OC.Cl.Cl. The molecule has 0 saturated carbocycles. The smallest absolute Gasteiger partial charge is 0.164 e. The van der Waals surface area contributed by atoms with Gasteiger partial charge in [-0.2, -0.15) is 0 Å². The molecule has 0 aliphatic rings. The zero-order chi connectivity index (χ0) is 14.8. The Morgan fingerprint density at radius 2 is 1.36 bits per heavy atom. The van der Waals surface area contributed by atoms with Gasteiger partial charge in [0.15, 0.2) is 11.5 Å². The molecule has 7 heteroatoms. The topological polar surface area (TPSA) is 51.8 Å². The number of hydrogen-bond donors (Lipinski definition) is 2. The zero-order valence-electron chi connectivity index (χ0n) is 13.7. The van der Waals surface area contributed by atoms with Gasteiger partial charge in [0.05, 0.1) is 21.3 Å². The van der Waals surface area contributed by atoms with Crippen molar-refractivity contribution < 1.29 is 14.2 Å². The van der Waals surface area contributed by atoms with Crippen LogP contribution in [0.15, 0.2) is 12.1 Å². The number of nitrogens with one attached hydrogen (secondary N) is 2. The molecule has 0 amide bonds. The molecule has 0 unspecified atom stereocenters. The zero-order valence-corrected chi connectivity index (χ0v) is 15.4. The van der Waals surface area contributed by atoms with Gasteiger partial charge in [0.2, 0.25) is 0 Å². The van der Waals surface area contributed by atoms with Crippen LogP contribution in [-0.2, 0) is 6.54 Å². The van der Waals surface area contributed by atoms with E-state index in [0.29, 0.717) is 5.75 Å². The number of halogens is 2. The van der Waals surface area contributed by atoms with Gasteiger partial charge in [-0.05, 0) is 32.1 Å². The highest BCUT2D eigenvalue weighted by atomic mass is 35.5. The van der Waals surface area contributed by atoms with Crippen LogP contribution in [0.3, 0.4) is 0 Å². The predicted octanol–water partition coefficient (Wildman–Crippen LogP) is 2.65. The molecule has 0 bridgehead atoms. The van der Waals surface area contributed by atoms with E-state index < -0.39 is 0 Å². The quantitative estimate of drug-likeness (QED) is 0.632. The number of ether oxygens (including phenoxy) is 3. The third-order valence-electron chi connectivity index (χ3n) is 3.06. The maximum Gasteiger partial charge on any atom is 0.164 e. The predicted molar refractivity (Wildman–Crippen MR) is 95.5 cm³/mol. The Bertz CT molecular complexity index is 407. The maximum absolute atomic E-state index is 5.40. The summed E-state index contributed by atoms with van der Waals surface area (Å²) in [5.41, 5.74) is 1.06. The highest BCUT2D eigenvalue weighted by molar-refractivity contribution is 5.85. The molecule has 0 heterocycles. The minimum atomic E-state index is 0. The first-order valence-corrected chi connectivity index (χ1v) is 6.97. The molecule has 0 radical (unpaired) electrons. The monoisotopic (exact) mass is 354 g/mol. The molecule has 0 saturated heterocycles. The lowest BCUT2D eigenvalue weighted by Crippen LogP contribution is -2.21. The van der Waals surface area contributed by atoms with Gasteiger partial charge in [-0.1, -0.05) is 6.92 Å². The lowest BCUT2D eigenvalue weighted by molar-refractivity contribution is 0.347. The molecule has 0 fully saturated rings. The Morgan fingerprint density at radius 1 is 0.818 bits per heavy atom. The molecule has 0 aliphatic carbocycles. The third-order valence-corrected chi connectivity index (χ3v) is 3.06. The highest BCUT2D eigenvalue weighted by Gasteiger charge is 2.11. The number of methoxy groups -OCH3 is 3. The van der Waals surface area contributed by atoms with Crippen molar-refractivity contribution in [3.05, 3.63) is 17.7 Å². The van der Waals surface area contributed by atoms with Crippen LogP contribution in [0.4, 0.5) is 0 Å². The van der Waals surface area contributed by atoms with Crippen LogP contribution in [-0.4, -0.2) is 41.0 Å². The fourth-order valence-electron chi connectivity index (χ4n) is 1.97. The summed E-state index contributed by atoms with van der Waals surface area (Å²) in [7, 11) is 4.92. The molecular formula is C15H28Cl2N2O3. The third kappa shape index (κ3) is 7.40. The molecule has 0 aromatic heterocycles. The molecule has 0 atom stereocenters. The summed E-state index contributed by atoms with van der Waals surface area (Å²) >= 11 is 0. The summed E-state index contributed by atoms with van der Waals surface area (Å²) in [5.74, 6) is 2.21. The van der Waals surface area contributed by atoms with E-state index >= 15 is 0 Å². The van der Waals surface area contributed by atoms with Gasteiger partial charge in [0, 0.05) is 18.2 Å². The van der Waals surface area contributed by atoms with E-state index in [1.54, 1.807) is 21.3 Å². The van der Waals surface area contributed by atoms with Gasteiger partial charge in [0.25, 0.3) is 0 Å². The highest BCUT2D eigenvalue weighted by Crippen LogP contribution is 2.34. The fourth-order valence-corrected chi connectivity index (χ4v) is 1.97. The van der Waals surface area contributed by atoms with E-state index in [0.717, 1.165) is 49.7 Å². The van der Waals surface area contributed by atoms with Crippen molar-refractivity contribution in [1.29, 1.82) is 0 Å². The van der Waals surface area contributed by atoms with Crippen molar-refractivity contribution in [2.24, 2.45) is 0 Å². The number of rotatable bonds is 10. The van der Waals surface area contributed by atoms with Gasteiger partial charge in [-0.3, -0.25) is 0 Å². The normalized spacial score (nSPS) is 9.45. The standard InChI is InChI=1S/C15H26N2O3.2ClH/c1-5-16-7-6-8-17-11-12-9-14(19-3)15(20-4)10-13(12)18-2;;/h9-10,16-17H,5-8,11H2,1-4H3;2*1H. The van der Waals surface area contributed by atoms with Crippen LogP contribution in [0.1, 0.15) is 18.9 Å². The molecule has 2 N–H and O–H groups in total. The largest absolute Gasteiger partial charge is 0.496 e. The average Bonchev–Trinajstić information content (AvgIpc) is 2.49. The van der Waals surface area contributed by atoms with E-state index in [2.05, 4.69) is 17.6 Å². The van der Waals surface area contributed by atoms with Crippen molar-refractivity contribution in [1.82, 2.24) is 10.6 Å². The van der Waals surface area contributed by atoms with Crippen LogP contribution in [0.25, 0.3) is 0 Å². The molecule has 130 valence electrons. The van der Waals surface area contributed by atoms with E-state index in [-0.39, 0.29) is 24.8 Å². The Hall–Kier alpha value is -0.880. The molecular weight excluding hydrogens is 327 g/mol. The van der Waals surface area contributed by atoms with Crippen molar-refractivity contribution in [2.45, 2.75) is 19.9 Å². The van der Waals surface area contributed by atoms with E-state index in [4.69, 9.17) is 14.2 Å². The number of hydrogen-bond acceptors (Lipinski definition) is 5. The van der Waals surface area contributed by atoms with Gasteiger partial charge in [-0.25, -0.2) is 0 Å². The van der Waals surface area contributed by atoms with Crippen molar-refractivity contribution in [3.8, 4) is 17.2 Å². The van der Waals surface area contributed by atoms with Gasteiger partial charge in [-0.15, -0.1) is 24.8 Å². The summed E-state index contributed by atoms with van der Waals surface area (Å²) < 4.78 is 16.0. The van der Waals surface area contributed by atoms with Crippen molar-refractivity contribution in [2.75, 3.05) is 41.0 Å². The van der Waals surface area contributed by atoms with Crippen LogP contribution in [0.5, 0.6) is 17.2 Å². The van der Waals surface area contributed by atoms with Crippen LogP contribution in [0.2, 0.25) is 0 Å². The van der Waals surface area contributed by atoms with Crippen LogP contribution in [0, 0.1) is 0 Å². The molecule has 0 spiro atoms. The lowest BCUT2D eigenvalue weighted by Gasteiger charge is -2.14. The van der Waals surface area contributed by atoms with Gasteiger partial charge >= 0.3 is 0 Å². The second-order valence-corrected chi connectivity index (χ2v) is 4.40. The van der Waals surface area contributed by atoms with Crippen LogP contribution < -0.4 is 24.8 Å². The average molecular weight is 355 g/mol. The Morgan fingerprint density at radius 3 is 1.91 bits per heavy atom. The summed E-state index contributed by atoms with van der Waals surface area (Å²) in [6, 6.07) is 3.81. The second-order valence-electron chi connectivity index (χ2n) is 4.40. The first-order valence-electron chi connectivity index (χ1n) is 6.97. The maximum atomic E-state index is 5.40. The second kappa shape index (κ2) is 13.8. The van der Waals surface area contributed by atoms with Crippen molar-refractivity contribution >= 4 is 24.8 Å². The minimum absolute atomic E-state index is 0. The van der Waals surface area contributed by atoms with E-state index in [1.807, 2.05) is 12.1 Å². The Balaban J connectivity index is 0.